The summed E-state index contributed by atoms with van der Waals surface area (Å²) in [6, 6.07) is 4.19. The Morgan fingerprint density at radius 2 is 2.12 bits per heavy atom. The zero-order valence-electron chi connectivity index (χ0n) is 9.37. The van der Waals surface area contributed by atoms with E-state index >= 15 is 0 Å². The lowest BCUT2D eigenvalue weighted by Crippen LogP contribution is -2.32. The first kappa shape index (κ1) is 12.6. The summed E-state index contributed by atoms with van der Waals surface area (Å²) in [6.07, 6.45) is 0.974. The molecular formula is C11H15FN2O2. The zero-order valence-corrected chi connectivity index (χ0v) is 9.37. The first-order valence-electron chi connectivity index (χ1n) is 5.02. The average molecular weight is 226 g/mol. The van der Waals surface area contributed by atoms with Crippen LogP contribution in [0.1, 0.15) is 25.8 Å². The molecule has 0 aliphatic carbocycles. The lowest BCUT2D eigenvalue weighted by molar-refractivity contribution is -0.387. The summed E-state index contributed by atoms with van der Waals surface area (Å²) in [5.74, 6) is -0.753. The first-order valence-corrected chi connectivity index (χ1v) is 5.02. The number of halogens is 1. The van der Waals surface area contributed by atoms with Gasteiger partial charge in [0.15, 0.2) is 0 Å². The molecule has 2 N–H and O–H groups in total. The van der Waals surface area contributed by atoms with Crippen molar-refractivity contribution in [1.82, 2.24) is 0 Å². The van der Waals surface area contributed by atoms with Gasteiger partial charge >= 0.3 is 5.69 Å². The van der Waals surface area contributed by atoms with E-state index in [2.05, 4.69) is 0 Å². The van der Waals surface area contributed by atoms with Gasteiger partial charge in [0.05, 0.1) is 4.92 Å². The van der Waals surface area contributed by atoms with Gasteiger partial charge in [0.2, 0.25) is 5.82 Å². The standard InChI is InChI=1S/C11H15FN2O2/c1-11(2,13)7-6-8-4-3-5-9(10(8)12)14(15)16/h3-5H,6-7,13H2,1-2H3. The Kier molecular flexibility index (Phi) is 3.59. The largest absolute Gasteiger partial charge is 0.326 e. The van der Waals surface area contributed by atoms with Crippen LogP contribution >= 0.6 is 0 Å². The van der Waals surface area contributed by atoms with E-state index in [9.17, 15) is 14.5 Å². The van der Waals surface area contributed by atoms with E-state index in [1.54, 1.807) is 6.07 Å². The van der Waals surface area contributed by atoms with Crippen molar-refractivity contribution in [1.29, 1.82) is 0 Å². The summed E-state index contributed by atoms with van der Waals surface area (Å²) in [6.45, 7) is 3.67. The Labute approximate surface area is 93.4 Å². The molecule has 0 amide bonds. The van der Waals surface area contributed by atoms with Crippen LogP contribution in [0.2, 0.25) is 0 Å². The highest BCUT2D eigenvalue weighted by atomic mass is 19.1. The number of benzene rings is 1. The Morgan fingerprint density at radius 1 is 1.50 bits per heavy atom. The molecule has 0 aromatic heterocycles. The van der Waals surface area contributed by atoms with Gasteiger partial charge in [0.1, 0.15) is 0 Å². The summed E-state index contributed by atoms with van der Waals surface area (Å²) < 4.78 is 13.6. The molecule has 0 atom stereocenters. The van der Waals surface area contributed by atoms with Crippen molar-refractivity contribution in [3.05, 3.63) is 39.7 Å². The van der Waals surface area contributed by atoms with Crippen molar-refractivity contribution in [2.24, 2.45) is 5.73 Å². The van der Waals surface area contributed by atoms with E-state index in [0.717, 1.165) is 6.07 Å². The normalized spacial score (nSPS) is 11.5. The quantitative estimate of drug-likeness (QED) is 0.633. The molecule has 0 fully saturated rings. The average Bonchev–Trinajstić information content (AvgIpc) is 2.14. The molecule has 0 saturated carbocycles. The Bertz CT molecular complexity index is 399. The monoisotopic (exact) mass is 226 g/mol. The molecule has 4 nitrogen and oxygen atoms in total. The molecule has 1 aromatic carbocycles. The maximum absolute atomic E-state index is 13.6. The van der Waals surface area contributed by atoms with E-state index in [0.29, 0.717) is 18.4 Å². The minimum Gasteiger partial charge on any atom is -0.326 e. The van der Waals surface area contributed by atoms with Crippen LogP contribution in [0.4, 0.5) is 10.1 Å². The third-order valence-electron chi connectivity index (χ3n) is 2.29. The fourth-order valence-electron chi connectivity index (χ4n) is 1.36. The minimum atomic E-state index is -0.753. The first-order chi connectivity index (χ1) is 7.31. The predicted molar refractivity (Wildman–Crippen MR) is 59.6 cm³/mol. The highest BCUT2D eigenvalue weighted by molar-refractivity contribution is 5.36. The van der Waals surface area contributed by atoms with E-state index in [1.807, 2.05) is 13.8 Å². The molecule has 5 heteroatoms. The number of hydrogen-bond acceptors (Lipinski definition) is 3. The van der Waals surface area contributed by atoms with Crippen molar-refractivity contribution in [2.75, 3.05) is 0 Å². The smallest absolute Gasteiger partial charge is 0.305 e. The van der Waals surface area contributed by atoms with Gasteiger partial charge < -0.3 is 5.73 Å². The molecule has 0 unspecified atom stereocenters. The summed E-state index contributed by atoms with van der Waals surface area (Å²) in [5, 5.41) is 10.5. The van der Waals surface area contributed by atoms with Gasteiger partial charge in [-0.25, -0.2) is 0 Å². The Hall–Kier alpha value is -1.49. The fourth-order valence-corrected chi connectivity index (χ4v) is 1.36. The van der Waals surface area contributed by atoms with Gasteiger partial charge in [-0.1, -0.05) is 12.1 Å². The van der Waals surface area contributed by atoms with Crippen LogP contribution in [0.5, 0.6) is 0 Å². The Morgan fingerprint density at radius 3 is 2.62 bits per heavy atom. The van der Waals surface area contributed by atoms with Crippen LogP contribution in [-0.2, 0) is 6.42 Å². The van der Waals surface area contributed by atoms with E-state index in [-0.39, 0.29) is 0 Å². The van der Waals surface area contributed by atoms with Gasteiger partial charge in [-0.3, -0.25) is 10.1 Å². The topological polar surface area (TPSA) is 69.2 Å². The predicted octanol–water partition coefficient (Wildman–Crippen LogP) is 2.40. The molecule has 0 aliphatic rings. The number of rotatable bonds is 4. The highest BCUT2D eigenvalue weighted by Gasteiger charge is 2.18. The molecule has 1 rings (SSSR count). The van der Waals surface area contributed by atoms with Crippen molar-refractivity contribution >= 4 is 5.69 Å². The van der Waals surface area contributed by atoms with Crippen LogP contribution < -0.4 is 5.73 Å². The second-order valence-electron chi connectivity index (χ2n) is 4.50. The third kappa shape index (κ3) is 3.27. The molecule has 0 spiro atoms. The number of nitrogens with two attached hydrogens (primary N) is 1. The van der Waals surface area contributed by atoms with Gasteiger partial charge in [0.25, 0.3) is 0 Å². The van der Waals surface area contributed by atoms with Crippen molar-refractivity contribution in [2.45, 2.75) is 32.2 Å². The molecule has 0 radical (unpaired) electrons. The van der Waals surface area contributed by atoms with Crippen LogP contribution in [-0.4, -0.2) is 10.5 Å². The molecule has 0 saturated heterocycles. The summed E-state index contributed by atoms with van der Waals surface area (Å²) in [7, 11) is 0. The third-order valence-corrected chi connectivity index (χ3v) is 2.29. The van der Waals surface area contributed by atoms with Gasteiger partial charge in [-0.2, -0.15) is 4.39 Å². The highest BCUT2D eigenvalue weighted by Crippen LogP contribution is 2.22. The molecule has 0 heterocycles. The fraction of sp³-hybridized carbons (Fsp3) is 0.455. The Balaban J connectivity index is 2.90. The summed E-state index contributed by atoms with van der Waals surface area (Å²) in [4.78, 5) is 9.80. The van der Waals surface area contributed by atoms with Crippen molar-refractivity contribution < 1.29 is 9.31 Å². The molecule has 0 bridgehead atoms. The molecule has 1 aromatic rings. The molecule has 88 valence electrons. The SMILES string of the molecule is CC(C)(N)CCc1cccc([N+](=O)[O-])c1F. The zero-order chi connectivity index (χ0) is 12.3. The lowest BCUT2D eigenvalue weighted by atomic mass is 9.96. The van der Waals surface area contributed by atoms with E-state index in [1.165, 1.54) is 6.07 Å². The van der Waals surface area contributed by atoms with Crippen LogP contribution in [0.3, 0.4) is 0 Å². The number of nitro benzene ring substituents is 1. The van der Waals surface area contributed by atoms with Crippen LogP contribution in [0.15, 0.2) is 18.2 Å². The molecule has 0 aliphatic heterocycles. The van der Waals surface area contributed by atoms with Crippen LogP contribution in [0, 0.1) is 15.9 Å². The van der Waals surface area contributed by atoms with Crippen molar-refractivity contribution in [3.8, 4) is 0 Å². The summed E-state index contributed by atoms with van der Waals surface area (Å²) >= 11 is 0. The molecule has 16 heavy (non-hydrogen) atoms. The molecular weight excluding hydrogens is 211 g/mol. The number of nitrogens with zero attached hydrogens (tertiary/aromatic N) is 1. The van der Waals surface area contributed by atoms with Crippen molar-refractivity contribution in [3.63, 3.8) is 0 Å². The van der Waals surface area contributed by atoms with Gasteiger partial charge in [-0.15, -0.1) is 0 Å². The second kappa shape index (κ2) is 4.57. The van der Waals surface area contributed by atoms with E-state index < -0.39 is 22.0 Å². The van der Waals surface area contributed by atoms with Crippen LogP contribution in [0.25, 0.3) is 0 Å². The van der Waals surface area contributed by atoms with Gasteiger partial charge in [0, 0.05) is 11.6 Å². The maximum Gasteiger partial charge on any atom is 0.305 e. The van der Waals surface area contributed by atoms with Gasteiger partial charge in [-0.05, 0) is 32.3 Å². The number of nitro groups is 1. The number of hydrogen-bond donors (Lipinski definition) is 1. The second-order valence-corrected chi connectivity index (χ2v) is 4.50. The summed E-state index contributed by atoms with van der Waals surface area (Å²) in [5.41, 5.74) is 5.23. The van der Waals surface area contributed by atoms with E-state index in [4.69, 9.17) is 5.73 Å². The minimum absolute atomic E-state index is 0.340. The lowest BCUT2D eigenvalue weighted by Gasteiger charge is -2.18. The number of aryl methyl sites for hydroxylation is 1. The maximum atomic E-state index is 13.6.